The Kier molecular flexibility index (Phi) is 7.02. The van der Waals surface area contributed by atoms with Crippen LogP contribution in [0, 0.1) is 5.92 Å². The van der Waals surface area contributed by atoms with E-state index in [-0.39, 0.29) is 11.8 Å². The van der Waals surface area contributed by atoms with Gasteiger partial charge in [0, 0.05) is 50.7 Å². The van der Waals surface area contributed by atoms with Crippen LogP contribution < -0.4 is 10.1 Å². The van der Waals surface area contributed by atoms with Crippen molar-refractivity contribution in [2.24, 2.45) is 5.92 Å². The number of amides is 1. The summed E-state index contributed by atoms with van der Waals surface area (Å²) in [7, 11) is 1.74. The van der Waals surface area contributed by atoms with Crippen LogP contribution in [0.15, 0.2) is 30.6 Å². The molecule has 1 aromatic carbocycles. The van der Waals surface area contributed by atoms with Gasteiger partial charge in [-0.1, -0.05) is 6.07 Å². The minimum Gasteiger partial charge on any atom is -0.496 e. The lowest BCUT2D eigenvalue weighted by Gasteiger charge is -2.24. The zero-order valence-corrected chi connectivity index (χ0v) is 17.8. The Bertz CT molecular complexity index is 837. The van der Waals surface area contributed by atoms with Gasteiger partial charge in [0.05, 0.1) is 26.2 Å². The molecule has 7 heteroatoms. The van der Waals surface area contributed by atoms with E-state index >= 15 is 0 Å². The van der Waals surface area contributed by atoms with E-state index in [1.54, 1.807) is 13.3 Å². The van der Waals surface area contributed by atoms with Crippen LogP contribution >= 0.6 is 0 Å². The summed E-state index contributed by atoms with van der Waals surface area (Å²) in [6, 6.07) is 6.42. The highest BCUT2D eigenvalue weighted by Crippen LogP contribution is 2.31. The molecule has 1 amide bonds. The van der Waals surface area contributed by atoms with Crippen molar-refractivity contribution in [1.29, 1.82) is 0 Å². The minimum absolute atomic E-state index is 0.0725. The molecule has 162 valence electrons. The summed E-state index contributed by atoms with van der Waals surface area (Å²) < 4.78 is 13.3. The van der Waals surface area contributed by atoms with E-state index in [1.165, 1.54) is 23.1 Å². The first kappa shape index (κ1) is 20.9. The topological polar surface area (TPSA) is 68.6 Å². The van der Waals surface area contributed by atoms with Gasteiger partial charge in [0.25, 0.3) is 0 Å². The Morgan fingerprint density at radius 3 is 3.00 bits per heavy atom. The largest absolute Gasteiger partial charge is 0.496 e. The van der Waals surface area contributed by atoms with Gasteiger partial charge >= 0.3 is 0 Å². The number of ether oxygens (including phenoxy) is 2. The van der Waals surface area contributed by atoms with E-state index < -0.39 is 0 Å². The molecule has 1 saturated heterocycles. The standard InChI is InChI=1S/C23H32N4O3/c1-29-22-14-19-6-2-5-18(19)13-20(22)15-26-11-12-30-17-21(16-26)23(28)24-7-3-9-27-10-4-8-25-27/h4,8,10,13-14,21H,2-3,5-7,9,11-12,15-17H2,1H3,(H,24,28). The molecule has 1 unspecified atom stereocenters. The van der Waals surface area contributed by atoms with E-state index in [0.29, 0.717) is 26.3 Å². The average molecular weight is 413 g/mol. The number of fused-ring (bicyclic) bond motifs is 1. The maximum Gasteiger partial charge on any atom is 0.226 e. The molecule has 2 aromatic rings. The SMILES string of the molecule is COc1cc2c(cc1CN1CCOCC(C(=O)NCCCn3cccn3)C1)CCC2. The van der Waals surface area contributed by atoms with Crippen molar-refractivity contribution in [3.8, 4) is 5.75 Å². The zero-order chi connectivity index (χ0) is 20.8. The molecule has 1 aliphatic heterocycles. The fraction of sp³-hybridized carbons (Fsp3) is 0.565. The third-order valence-electron chi connectivity index (χ3n) is 6.03. The monoisotopic (exact) mass is 412 g/mol. The first-order valence-corrected chi connectivity index (χ1v) is 11.0. The average Bonchev–Trinajstić information content (AvgIpc) is 3.38. The molecule has 30 heavy (non-hydrogen) atoms. The molecule has 1 aliphatic carbocycles. The highest BCUT2D eigenvalue weighted by Gasteiger charge is 2.26. The predicted octanol–water partition coefficient (Wildman–Crippen LogP) is 2.04. The molecule has 1 aromatic heterocycles. The molecular formula is C23H32N4O3. The fourth-order valence-corrected chi connectivity index (χ4v) is 4.41. The lowest BCUT2D eigenvalue weighted by Crippen LogP contribution is -2.40. The molecule has 4 rings (SSSR count). The summed E-state index contributed by atoms with van der Waals surface area (Å²) in [5, 5.41) is 7.26. The molecule has 2 heterocycles. The summed E-state index contributed by atoms with van der Waals surface area (Å²) in [6.07, 6.45) is 8.09. The number of methoxy groups -OCH3 is 1. The lowest BCUT2D eigenvalue weighted by molar-refractivity contribution is -0.126. The van der Waals surface area contributed by atoms with Crippen molar-refractivity contribution >= 4 is 5.91 Å². The lowest BCUT2D eigenvalue weighted by atomic mass is 10.0. The van der Waals surface area contributed by atoms with Crippen LogP contribution in [-0.2, 0) is 35.5 Å². The van der Waals surface area contributed by atoms with Crippen molar-refractivity contribution in [3.05, 3.63) is 47.3 Å². The molecular weight excluding hydrogens is 380 g/mol. The van der Waals surface area contributed by atoms with Crippen molar-refractivity contribution in [3.63, 3.8) is 0 Å². The number of aromatic nitrogens is 2. The van der Waals surface area contributed by atoms with E-state index in [2.05, 4.69) is 27.4 Å². The Balaban J connectivity index is 1.32. The molecule has 0 spiro atoms. The number of benzene rings is 1. The normalized spacial score (nSPS) is 19.3. The Hall–Kier alpha value is -2.38. The maximum atomic E-state index is 12.7. The molecule has 2 aliphatic rings. The number of nitrogens with zero attached hydrogens (tertiary/aromatic N) is 3. The number of nitrogens with one attached hydrogen (secondary N) is 1. The van der Waals surface area contributed by atoms with Gasteiger partial charge in [0.15, 0.2) is 0 Å². The van der Waals surface area contributed by atoms with Crippen molar-refractivity contribution in [2.45, 2.75) is 38.8 Å². The third-order valence-corrected chi connectivity index (χ3v) is 6.03. The molecule has 1 fully saturated rings. The Morgan fingerprint density at radius 2 is 2.20 bits per heavy atom. The smallest absolute Gasteiger partial charge is 0.226 e. The highest BCUT2D eigenvalue weighted by atomic mass is 16.5. The molecule has 0 radical (unpaired) electrons. The van der Waals surface area contributed by atoms with Crippen LogP contribution in [0.3, 0.4) is 0 Å². The molecule has 1 atom stereocenters. The van der Waals surface area contributed by atoms with E-state index in [0.717, 1.165) is 44.6 Å². The molecule has 7 nitrogen and oxygen atoms in total. The van der Waals surface area contributed by atoms with Crippen LogP contribution in [0.1, 0.15) is 29.5 Å². The number of hydrogen-bond donors (Lipinski definition) is 1. The maximum absolute atomic E-state index is 12.7. The second-order valence-corrected chi connectivity index (χ2v) is 8.21. The number of aryl methyl sites for hydroxylation is 3. The van der Waals surface area contributed by atoms with Crippen molar-refractivity contribution in [1.82, 2.24) is 20.0 Å². The number of carbonyl (C=O) groups excluding carboxylic acids is 1. The fourth-order valence-electron chi connectivity index (χ4n) is 4.41. The van der Waals surface area contributed by atoms with Crippen LogP contribution in [-0.4, -0.2) is 60.5 Å². The molecule has 0 saturated carbocycles. The molecule has 1 N–H and O–H groups in total. The summed E-state index contributed by atoms with van der Waals surface area (Å²) in [5.74, 6) is 0.876. The van der Waals surface area contributed by atoms with Crippen LogP contribution in [0.5, 0.6) is 5.75 Å². The van der Waals surface area contributed by atoms with Gasteiger partial charge in [-0.15, -0.1) is 0 Å². The van der Waals surface area contributed by atoms with E-state index in [1.807, 2.05) is 16.9 Å². The zero-order valence-electron chi connectivity index (χ0n) is 17.8. The number of carbonyl (C=O) groups is 1. The van der Waals surface area contributed by atoms with Gasteiger partial charge in [-0.2, -0.15) is 5.10 Å². The van der Waals surface area contributed by atoms with Gasteiger partial charge < -0.3 is 14.8 Å². The summed E-state index contributed by atoms with van der Waals surface area (Å²) >= 11 is 0. The molecule has 0 bridgehead atoms. The van der Waals surface area contributed by atoms with Gasteiger partial charge in [0.2, 0.25) is 5.91 Å². The van der Waals surface area contributed by atoms with Gasteiger partial charge in [-0.05, 0) is 48.9 Å². The second kappa shape index (κ2) is 10.1. The first-order valence-electron chi connectivity index (χ1n) is 11.0. The first-order chi connectivity index (χ1) is 14.7. The Morgan fingerprint density at radius 1 is 1.33 bits per heavy atom. The quantitative estimate of drug-likeness (QED) is 0.672. The Labute approximate surface area is 178 Å². The summed E-state index contributed by atoms with van der Waals surface area (Å²) in [6.45, 7) is 4.88. The van der Waals surface area contributed by atoms with Crippen molar-refractivity contribution in [2.75, 3.05) is 40.0 Å². The van der Waals surface area contributed by atoms with Crippen molar-refractivity contribution < 1.29 is 14.3 Å². The second-order valence-electron chi connectivity index (χ2n) is 8.21. The van der Waals surface area contributed by atoms with Gasteiger partial charge in [-0.25, -0.2) is 0 Å². The van der Waals surface area contributed by atoms with Crippen LogP contribution in [0.4, 0.5) is 0 Å². The minimum atomic E-state index is -0.155. The van der Waals surface area contributed by atoms with Crippen LogP contribution in [0.2, 0.25) is 0 Å². The summed E-state index contributed by atoms with van der Waals surface area (Å²) in [5.41, 5.74) is 4.07. The van der Waals surface area contributed by atoms with Gasteiger partial charge in [-0.3, -0.25) is 14.4 Å². The van der Waals surface area contributed by atoms with E-state index in [9.17, 15) is 4.79 Å². The third kappa shape index (κ3) is 5.21. The number of hydrogen-bond acceptors (Lipinski definition) is 5. The van der Waals surface area contributed by atoms with E-state index in [4.69, 9.17) is 9.47 Å². The van der Waals surface area contributed by atoms with Gasteiger partial charge in [0.1, 0.15) is 5.75 Å². The predicted molar refractivity (Wildman–Crippen MR) is 114 cm³/mol. The van der Waals surface area contributed by atoms with Crippen LogP contribution in [0.25, 0.3) is 0 Å². The number of rotatable bonds is 8. The summed E-state index contributed by atoms with van der Waals surface area (Å²) in [4.78, 5) is 15.0. The highest BCUT2D eigenvalue weighted by molar-refractivity contribution is 5.79.